The van der Waals surface area contributed by atoms with Crippen molar-refractivity contribution in [1.82, 2.24) is 0 Å². The van der Waals surface area contributed by atoms with Gasteiger partial charge in [-0.3, -0.25) is 0 Å². The van der Waals surface area contributed by atoms with Crippen LogP contribution in [0.15, 0.2) is 0 Å². The molecule has 4 saturated carbocycles. The van der Waals surface area contributed by atoms with E-state index in [9.17, 15) is 10.2 Å². The predicted molar refractivity (Wildman–Crippen MR) is 130 cm³/mol. The van der Waals surface area contributed by atoms with Crippen molar-refractivity contribution in [3.63, 3.8) is 0 Å². The highest BCUT2D eigenvalue weighted by atomic mass is 16.3. The maximum atomic E-state index is 11.0. The zero-order valence-electron chi connectivity index (χ0n) is 21.5. The molecule has 0 aromatic heterocycles. The molecule has 0 amide bonds. The number of rotatable bonds is 6. The number of hydrogen-bond donors (Lipinski definition) is 2. The highest BCUT2D eigenvalue weighted by Crippen LogP contribution is 2.69. The van der Waals surface area contributed by atoms with Gasteiger partial charge in [0.2, 0.25) is 0 Å². The van der Waals surface area contributed by atoms with Crippen LogP contribution in [-0.2, 0) is 0 Å². The van der Waals surface area contributed by atoms with Crippen LogP contribution in [0, 0.1) is 52.3 Å². The van der Waals surface area contributed by atoms with Gasteiger partial charge >= 0.3 is 0 Å². The summed E-state index contributed by atoms with van der Waals surface area (Å²) in [5.74, 6) is 5.16. The zero-order valence-corrected chi connectivity index (χ0v) is 21.5. The van der Waals surface area contributed by atoms with Crippen LogP contribution in [0.2, 0.25) is 0 Å². The second kappa shape index (κ2) is 8.61. The van der Waals surface area contributed by atoms with Crippen molar-refractivity contribution in [3.05, 3.63) is 0 Å². The van der Waals surface area contributed by atoms with Crippen LogP contribution >= 0.6 is 0 Å². The van der Waals surface area contributed by atoms with E-state index in [1.165, 1.54) is 44.9 Å². The van der Waals surface area contributed by atoms with Crippen LogP contribution in [0.3, 0.4) is 0 Å². The lowest BCUT2D eigenvalue weighted by Gasteiger charge is -2.62. The monoisotopic (exact) mass is 432 g/mol. The molecule has 0 spiro atoms. The van der Waals surface area contributed by atoms with Crippen LogP contribution in [0.25, 0.3) is 0 Å². The fourth-order valence-electron chi connectivity index (χ4n) is 9.58. The third kappa shape index (κ3) is 4.05. The molecule has 0 bridgehead atoms. The molecule has 2 heteroatoms. The average Bonchev–Trinajstić information content (AvgIpc) is 3.09. The molecule has 10 atom stereocenters. The van der Waals surface area contributed by atoms with E-state index >= 15 is 0 Å². The quantitative estimate of drug-likeness (QED) is 0.465. The lowest BCUT2D eigenvalue weighted by atomic mass is 9.43. The lowest BCUT2D eigenvalue weighted by Crippen LogP contribution is -2.56. The summed E-state index contributed by atoms with van der Waals surface area (Å²) in [5.41, 5.74) is 0.494. The molecule has 0 heterocycles. The molecule has 0 aromatic carbocycles. The Kier molecular flexibility index (Phi) is 6.68. The van der Waals surface area contributed by atoms with Crippen molar-refractivity contribution in [3.8, 4) is 0 Å². The summed E-state index contributed by atoms with van der Waals surface area (Å²) in [7, 11) is 0. The maximum absolute atomic E-state index is 11.0. The van der Waals surface area contributed by atoms with Gasteiger partial charge in [-0.1, -0.05) is 41.5 Å². The number of hydrogen-bond acceptors (Lipinski definition) is 2. The van der Waals surface area contributed by atoms with Crippen molar-refractivity contribution < 1.29 is 10.2 Å². The van der Waals surface area contributed by atoms with Gasteiger partial charge < -0.3 is 10.2 Å². The van der Waals surface area contributed by atoms with Crippen LogP contribution < -0.4 is 0 Å². The van der Waals surface area contributed by atoms with Crippen molar-refractivity contribution in [1.29, 1.82) is 0 Å². The molecule has 180 valence electrons. The molecule has 0 aliphatic heterocycles. The van der Waals surface area contributed by atoms with Gasteiger partial charge in [-0.2, -0.15) is 0 Å². The molecular formula is C29H52O2. The fourth-order valence-corrected chi connectivity index (χ4v) is 9.58. The van der Waals surface area contributed by atoms with Gasteiger partial charge in [-0.15, -0.1) is 0 Å². The van der Waals surface area contributed by atoms with E-state index in [0.717, 1.165) is 55.8 Å². The van der Waals surface area contributed by atoms with E-state index in [4.69, 9.17) is 0 Å². The fraction of sp³-hybridized carbons (Fsp3) is 1.00. The molecule has 31 heavy (non-hydrogen) atoms. The van der Waals surface area contributed by atoms with Crippen LogP contribution in [0.4, 0.5) is 0 Å². The first-order chi connectivity index (χ1) is 14.5. The van der Waals surface area contributed by atoms with Crippen molar-refractivity contribution in [2.75, 3.05) is 0 Å². The van der Waals surface area contributed by atoms with Gasteiger partial charge in [-0.25, -0.2) is 0 Å². The first kappa shape index (κ1) is 24.1. The molecule has 4 aliphatic carbocycles. The Bertz CT molecular complexity index is 630. The summed E-state index contributed by atoms with van der Waals surface area (Å²) >= 11 is 0. The van der Waals surface area contributed by atoms with Gasteiger partial charge in [0.15, 0.2) is 0 Å². The van der Waals surface area contributed by atoms with Gasteiger partial charge in [0.1, 0.15) is 0 Å². The highest BCUT2D eigenvalue weighted by Gasteiger charge is 2.61. The third-order valence-electron chi connectivity index (χ3n) is 11.8. The minimum Gasteiger partial charge on any atom is -0.393 e. The third-order valence-corrected chi connectivity index (χ3v) is 11.8. The van der Waals surface area contributed by atoms with Crippen LogP contribution in [0.1, 0.15) is 119 Å². The summed E-state index contributed by atoms with van der Waals surface area (Å²) in [6.45, 7) is 14.3. The Balaban J connectivity index is 1.48. The summed E-state index contributed by atoms with van der Waals surface area (Å²) in [6.07, 6.45) is 14.4. The SMILES string of the molecule is CC[C@]1(O)CC[C@@]2(C)[C@@H](CC[C@@H]3[C@@H]2CC[C@]2(C)[C@@H]([C@H](C)[C@@H](O)CCC(C)C)CC[C@@H]32)C1. The number of aliphatic hydroxyl groups excluding tert-OH is 1. The van der Waals surface area contributed by atoms with Crippen LogP contribution in [-0.4, -0.2) is 21.9 Å². The summed E-state index contributed by atoms with van der Waals surface area (Å²) in [4.78, 5) is 0. The number of aliphatic hydroxyl groups is 2. The predicted octanol–water partition coefficient (Wildman–Crippen LogP) is 7.22. The molecule has 0 unspecified atom stereocenters. The Morgan fingerprint density at radius 2 is 1.55 bits per heavy atom. The average molecular weight is 433 g/mol. The highest BCUT2D eigenvalue weighted by molar-refractivity contribution is 5.11. The molecule has 0 radical (unpaired) electrons. The molecule has 0 aromatic rings. The molecular weight excluding hydrogens is 380 g/mol. The largest absolute Gasteiger partial charge is 0.393 e. The normalized spacial score (nSPS) is 49.3. The molecule has 0 saturated heterocycles. The Labute approximate surface area is 193 Å². The van der Waals surface area contributed by atoms with E-state index in [1.54, 1.807) is 0 Å². The summed E-state index contributed by atoms with van der Waals surface area (Å²) in [5, 5.41) is 22.0. The van der Waals surface area contributed by atoms with Gasteiger partial charge in [0.25, 0.3) is 0 Å². The molecule has 2 nitrogen and oxygen atoms in total. The van der Waals surface area contributed by atoms with E-state index in [1.807, 2.05) is 0 Å². The molecule has 4 aliphatic rings. The van der Waals surface area contributed by atoms with Crippen LogP contribution in [0.5, 0.6) is 0 Å². The van der Waals surface area contributed by atoms with Crippen molar-refractivity contribution >= 4 is 0 Å². The van der Waals surface area contributed by atoms with E-state index < -0.39 is 0 Å². The van der Waals surface area contributed by atoms with Gasteiger partial charge in [-0.05, 0) is 129 Å². The van der Waals surface area contributed by atoms with E-state index in [0.29, 0.717) is 28.6 Å². The van der Waals surface area contributed by atoms with Gasteiger partial charge in [0, 0.05) is 0 Å². The number of fused-ring (bicyclic) bond motifs is 5. The smallest absolute Gasteiger partial charge is 0.0648 e. The first-order valence-electron chi connectivity index (χ1n) is 13.9. The maximum Gasteiger partial charge on any atom is 0.0648 e. The summed E-state index contributed by atoms with van der Waals surface area (Å²) in [6, 6.07) is 0. The van der Waals surface area contributed by atoms with Crippen molar-refractivity contribution in [2.45, 2.75) is 130 Å². The standard InChI is InChI=1S/C29H52O2/c1-7-29(31)17-16-27(5)21(18-29)9-10-22-24-12-11-23(28(24,6)15-14-25(22)27)20(4)26(30)13-8-19(2)3/h19-26,30-31H,7-18H2,1-6H3/t20-,21-,22-,23+,24-,25-,26-,27-,28+,29-/m0/s1. The van der Waals surface area contributed by atoms with Gasteiger partial charge in [0.05, 0.1) is 11.7 Å². The first-order valence-corrected chi connectivity index (χ1v) is 13.9. The summed E-state index contributed by atoms with van der Waals surface area (Å²) < 4.78 is 0. The second-order valence-electron chi connectivity index (χ2n) is 13.6. The Morgan fingerprint density at radius 3 is 2.23 bits per heavy atom. The molecule has 4 fully saturated rings. The topological polar surface area (TPSA) is 40.5 Å². The van der Waals surface area contributed by atoms with Crippen molar-refractivity contribution in [2.24, 2.45) is 52.3 Å². The second-order valence-corrected chi connectivity index (χ2v) is 13.6. The minimum atomic E-state index is -0.389. The lowest BCUT2D eigenvalue weighted by molar-refractivity contribution is -0.154. The van der Waals surface area contributed by atoms with E-state index in [2.05, 4.69) is 41.5 Å². The Morgan fingerprint density at radius 1 is 0.839 bits per heavy atom. The molecule has 2 N–H and O–H groups in total. The van der Waals surface area contributed by atoms with E-state index in [-0.39, 0.29) is 11.7 Å². The zero-order chi connectivity index (χ0) is 22.6. The Hall–Kier alpha value is -0.0800. The minimum absolute atomic E-state index is 0.126. The molecule has 4 rings (SSSR count).